The maximum absolute atomic E-state index is 14.8. The van der Waals surface area contributed by atoms with Crippen LogP contribution in [0.1, 0.15) is 34.1 Å². The third kappa shape index (κ3) is 5.15. The van der Waals surface area contributed by atoms with Crippen molar-refractivity contribution < 1.29 is 14.0 Å². The first-order valence-electron chi connectivity index (χ1n) is 10.4. The number of carbonyl (C=O) groups is 2. The van der Waals surface area contributed by atoms with Crippen LogP contribution in [0, 0.1) is 5.82 Å². The largest absolute Gasteiger partial charge is 0.360 e. The number of fused-ring (bicyclic) bond motifs is 1. The monoisotopic (exact) mass is 481 g/mol. The number of amides is 2. The van der Waals surface area contributed by atoms with Crippen molar-refractivity contribution in [3.8, 4) is 0 Å². The highest BCUT2D eigenvalue weighted by atomic mass is 35.5. The fourth-order valence-corrected chi connectivity index (χ4v) is 3.69. The third-order valence-electron chi connectivity index (χ3n) is 5.26. The molecule has 2 amide bonds. The Morgan fingerprint density at radius 3 is 2.68 bits per heavy atom. The van der Waals surface area contributed by atoms with Crippen LogP contribution in [0.5, 0.6) is 0 Å². The van der Waals surface area contributed by atoms with Gasteiger partial charge in [-0.25, -0.2) is 4.39 Å². The summed E-state index contributed by atoms with van der Waals surface area (Å²) >= 11 is 6.03. The van der Waals surface area contributed by atoms with Gasteiger partial charge in [-0.15, -0.1) is 0 Å². The van der Waals surface area contributed by atoms with Gasteiger partial charge >= 0.3 is 0 Å². The molecular formula is C24H21ClFN5O3. The lowest BCUT2D eigenvalue weighted by Gasteiger charge is -2.10. The second-order valence-electron chi connectivity index (χ2n) is 7.73. The number of aromatic nitrogens is 3. The molecule has 0 aliphatic carbocycles. The van der Waals surface area contributed by atoms with Gasteiger partial charge in [0.1, 0.15) is 5.82 Å². The lowest BCUT2D eigenvalue weighted by atomic mass is 10.1. The number of benzene rings is 1. The third-order valence-corrected chi connectivity index (χ3v) is 5.56. The van der Waals surface area contributed by atoms with E-state index in [4.69, 9.17) is 11.6 Å². The van der Waals surface area contributed by atoms with Crippen LogP contribution in [0.4, 0.5) is 4.39 Å². The Kier molecular flexibility index (Phi) is 6.74. The van der Waals surface area contributed by atoms with E-state index in [1.807, 2.05) is 0 Å². The van der Waals surface area contributed by atoms with Gasteiger partial charge in [0.25, 0.3) is 11.5 Å². The quantitative estimate of drug-likeness (QED) is 0.377. The van der Waals surface area contributed by atoms with Gasteiger partial charge in [0.2, 0.25) is 5.91 Å². The molecule has 8 nitrogen and oxygen atoms in total. The zero-order valence-corrected chi connectivity index (χ0v) is 18.9. The van der Waals surface area contributed by atoms with Gasteiger partial charge in [-0.3, -0.25) is 19.4 Å². The van der Waals surface area contributed by atoms with E-state index in [1.165, 1.54) is 36.0 Å². The van der Waals surface area contributed by atoms with Crippen molar-refractivity contribution in [3.63, 3.8) is 0 Å². The number of halogens is 2. The summed E-state index contributed by atoms with van der Waals surface area (Å²) in [5, 5.41) is 5.89. The number of rotatable bonds is 7. The lowest BCUT2D eigenvalue weighted by molar-refractivity contribution is -0.119. The predicted molar refractivity (Wildman–Crippen MR) is 126 cm³/mol. The molecule has 0 unspecified atom stereocenters. The van der Waals surface area contributed by atoms with Crippen molar-refractivity contribution in [2.24, 2.45) is 0 Å². The summed E-state index contributed by atoms with van der Waals surface area (Å²) in [6.45, 7) is 1.91. The van der Waals surface area contributed by atoms with E-state index < -0.39 is 11.7 Å². The molecule has 34 heavy (non-hydrogen) atoms. The zero-order chi connectivity index (χ0) is 24.2. The van der Waals surface area contributed by atoms with Gasteiger partial charge in [-0.05, 0) is 23.8 Å². The molecule has 3 heterocycles. The minimum absolute atomic E-state index is 0.0408. The van der Waals surface area contributed by atoms with Crippen LogP contribution >= 0.6 is 11.6 Å². The Hall–Kier alpha value is -3.98. The van der Waals surface area contributed by atoms with E-state index >= 15 is 0 Å². The number of pyridine rings is 2. The van der Waals surface area contributed by atoms with Crippen molar-refractivity contribution in [1.29, 1.82) is 0 Å². The molecule has 174 valence electrons. The average molecular weight is 482 g/mol. The van der Waals surface area contributed by atoms with Crippen molar-refractivity contribution in [3.05, 3.63) is 98.6 Å². The molecule has 0 saturated carbocycles. The first-order chi connectivity index (χ1) is 16.3. The number of H-pyrrole nitrogens is 1. The minimum Gasteiger partial charge on any atom is -0.360 e. The summed E-state index contributed by atoms with van der Waals surface area (Å²) in [6, 6.07) is 9.56. The highest BCUT2D eigenvalue weighted by Crippen LogP contribution is 2.27. The Morgan fingerprint density at radius 2 is 1.94 bits per heavy atom. The molecule has 4 aromatic rings. The molecule has 4 rings (SSSR count). The molecule has 0 radical (unpaired) electrons. The number of aromatic amines is 1. The number of nitrogens with one attached hydrogen (secondary N) is 3. The molecule has 0 atom stereocenters. The summed E-state index contributed by atoms with van der Waals surface area (Å²) in [5.41, 5.74) is 2.28. The highest BCUT2D eigenvalue weighted by molar-refractivity contribution is 6.35. The zero-order valence-electron chi connectivity index (χ0n) is 18.2. The van der Waals surface area contributed by atoms with Crippen LogP contribution in [0.25, 0.3) is 10.9 Å². The Balaban J connectivity index is 1.45. The summed E-state index contributed by atoms with van der Waals surface area (Å²) < 4.78 is 16.2. The molecule has 3 N–H and O–H groups in total. The van der Waals surface area contributed by atoms with Gasteiger partial charge in [-0.1, -0.05) is 23.7 Å². The van der Waals surface area contributed by atoms with Gasteiger partial charge < -0.3 is 20.2 Å². The van der Waals surface area contributed by atoms with E-state index in [0.29, 0.717) is 23.3 Å². The Bertz CT molecular complexity index is 1430. The van der Waals surface area contributed by atoms with Crippen molar-refractivity contribution in [2.45, 2.75) is 26.6 Å². The molecule has 0 spiro atoms. The van der Waals surface area contributed by atoms with Crippen molar-refractivity contribution in [1.82, 2.24) is 25.2 Å². The SMILES string of the molecule is CC(=O)NCc1ccc(Cn2cc(C(=O)NCc3ccc4[nH]cc(Cl)c4c3F)ccc2=O)cn1. The molecular weight excluding hydrogens is 461 g/mol. The first-order valence-corrected chi connectivity index (χ1v) is 10.8. The molecule has 10 heteroatoms. The van der Waals surface area contributed by atoms with E-state index in [9.17, 15) is 18.8 Å². The molecule has 3 aromatic heterocycles. The molecule has 1 aromatic carbocycles. The van der Waals surface area contributed by atoms with Gasteiger partial charge in [0.15, 0.2) is 0 Å². The van der Waals surface area contributed by atoms with Crippen LogP contribution in [0.15, 0.2) is 59.8 Å². The smallest absolute Gasteiger partial charge is 0.253 e. The average Bonchev–Trinajstić information content (AvgIpc) is 3.20. The number of carbonyl (C=O) groups excluding carboxylic acids is 2. The van der Waals surface area contributed by atoms with Gasteiger partial charge in [-0.2, -0.15) is 0 Å². The maximum Gasteiger partial charge on any atom is 0.253 e. The summed E-state index contributed by atoms with van der Waals surface area (Å²) in [4.78, 5) is 43.1. The number of hydrogen-bond acceptors (Lipinski definition) is 4. The Morgan fingerprint density at radius 1 is 1.12 bits per heavy atom. The summed E-state index contributed by atoms with van der Waals surface area (Å²) in [6.07, 6.45) is 4.57. The molecule has 0 saturated heterocycles. The number of nitrogens with zero attached hydrogens (tertiary/aromatic N) is 2. The topological polar surface area (TPSA) is 109 Å². The predicted octanol–water partition coefficient (Wildman–Crippen LogP) is 3.13. The van der Waals surface area contributed by atoms with Crippen molar-refractivity contribution >= 4 is 34.3 Å². The second-order valence-corrected chi connectivity index (χ2v) is 8.14. The summed E-state index contributed by atoms with van der Waals surface area (Å²) in [7, 11) is 0. The number of hydrogen-bond donors (Lipinski definition) is 3. The Labute approximate surface area is 198 Å². The molecule has 0 aliphatic heterocycles. The first kappa shape index (κ1) is 23.2. The highest BCUT2D eigenvalue weighted by Gasteiger charge is 2.14. The molecule has 0 bridgehead atoms. The van der Waals surface area contributed by atoms with E-state index in [-0.39, 0.29) is 40.5 Å². The minimum atomic E-state index is -0.497. The fourth-order valence-electron chi connectivity index (χ4n) is 3.45. The van der Waals surface area contributed by atoms with Crippen LogP contribution < -0.4 is 16.2 Å². The van der Waals surface area contributed by atoms with E-state index in [2.05, 4.69) is 20.6 Å². The molecule has 0 aliphatic rings. The standard InChI is InChI=1S/C24H21ClFN5O3/c1-14(32)27-10-18-5-2-15(8-28-18)12-31-13-17(4-7-21(31)33)24(34)30-9-16-3-6-20-22(23(16)26)19(25)11-29-20/h2-8,11,13,29H,9-10,12H2,1H3,(H,27,32)(H,30,34). The van der Waals surface area contributed by atoms with E-state index in [1.54, 1.807) is 30.5 Å². The fraction of sp³-hybridized carbons (Fsp3) is 0.167. The second kappa shape index (κ2) is 9.88. The lowest BCUT2D eigenvalue weighted by Crippen LogP contribution is -2.27. The normalized spacial score (nSPS) is 10.9. The van der Waals surface area contributed by atoms with Crippen molar-refractivity contribution in [2.75, 3.05) is 0 Å². The van der Waals surface area contributed by atoms with Crippen LogP contribution in [0.2, 0.25) is 5.02 Å². The van der Waals surface area contributed by atoms with Gasteiger partial charge in [0, 0.05) is 49.2 Å². The maximum atomic E-state index is 14.8. The van der Waals surface area contributed by atoms with Crippen LogP contribution in [0.3, 0.4) is 0 Å². The van der Waals surface area contributed by atoms with Crippen LogP contribution in [-0.4, -0.2) is 26.3 Å². The van der Waals surface area contributed by atoms with Crippen LogP contribution in [-0.2, 0) is 24.4 Å². The van der Waals surface area contributed by atoms with Gasteiger partial charge in [0.05, 0.1) is 34.8 Å². The summed E-state index contributed by atoms with van der Waals surface area (Å²) in [5.74, 6) is -1.09. The molecule has 0 fully saturated rings. The van der Waals surface area contributed by atoms with E-state index in [0.717, 1.165) is 5.56 Å².